The molecule has 1 atom stereocenters. The first-order valence-corrected chi connectivity index (χ1v) is 4.39. The first-order valence-electron chi connectivity index (χ1n) is 3.22. The van der Waals surface area contributed by atoms with Gasteiger partial charge in [0.25, 0.3) is 0 Å². The third kappa shape index (κ3) is 0.911. The van der Waals surface area contributed by atoms with Gasteiger partial charge in [-0.05, 0) is 12.8 Å². The molecule has 4 heteroatoms. The molecule has 0 radical (unpaired) electrons. The van der Waals surface area contributed by atoms with Gasteiger partial charge in [0.05, 0.1) is 5.25 Å². The largest absolute Gasteiger partial charge is 0.618 e. The molecule has 0 N–H and O–H groups in total. The van der Waals surface area contributed by atoms with E-state index in [0.29, 0.717) is 13.1 Å². The van der Waals surface area contributed by atoms with Gasteiger partial charge in [-0.25, -0.2) is 0 Å². The highest BCUT2D eigenvalue weighted by atomic mass is 32.2. The van der Waals surface area contributed by atoms with Crippen molar-refractivity contribution in [3.63, 3.8) is 0 Å². The molecule has 1 saturated carbocycles. The van der Waals surface area contributed by atoms with Crippen molar-refractivity contribution >= 4 is 11.0 Å². The Morgan fingerprint density at radius 1 is 1.44 bits per heavy atom. The van der Waals surface area contributed by atoms with Crippen LogP contribution in [0.1, 0.15) is 12.8 Å². The van der Waals surface area contributed by atoms with Crippen LogP contribution in [0.25, 0.3) is 0 Å². The molecule has 0 aromatic heterocycles. The van der Waals surface area contributed by atoms with E-state index < -0.39 is 15.0 Å². The Kier molecular flexibility index (Phi) is 1.01. The number of nitrogens with zero attached hydrogens (tertiary/aromatic N) is 1. The molecule has 1 aliphatic carbocycles. The zero-order chi connectivity index (χ0) is 6.48. The van der Waals surface area contributed by atoms with Crippen LogP contribution >= 0.6 is 0 Å². The molecule has 0 aromatic rings. The van der Waals surface area contributed by atoms with E-state index in [1.54, 1.807) is 0 Å². The molecule has 1 heterocycles. The minimum absolute atomic E-state index is 0.255. The summed E-state index contributed by atoms with van der Waals surface area (Å²) in [4.78, 5) is 0. The van der Waals surface area contributed by atoms with Gasteiger partial charge in [0.2, 0.25) is 11.0 Å². The fraction of sp³-hybridized carbons (Fsp3) is 1.00. The summed E-state index contributed by atoms with van der Waals surface area (Å²) in [6.45, 7) is 1.17. The fourth-order valence-electron chi connectivity index (χ4n) is 0.803. The zero-order valence-corrected chi connectivity index (χ0v) is 5.89. The summed E-state index contributed by atoms with van der Waals surface area (Å²) in [5.41, 5.74) is 0. The van der Waals surface area contributed by atoms with Crippen LogP contribution in [0.4, 0.5) is 0 Å². The van der Waals surface area contributed by atoms with Gasteiger partial charge < -0.3 is 5.21 Å². The predicted molar refractivity (Wildman–Crippen MR) is 34.5 cm³/mol. The van der Waals surface area contributed by atoms with Gasteiger partial charge in [0.1, 0.15) is 13.1 Å². The molecule has 52 valence electrons. The van der Waals surface area contributed by atoms with Crippen LogP contribution in [0.3, 0.4) is 0 Å². The van der Waals surface area contributed by atoms with Crippen molar-refractivity contribution in [1.29, 1.82) is 0 Å². The van der Waals surface area contributed by atoms with Gasteiger partial charge in [-0.1, -0.05) is 0 Å². The number of rotatable bonds is 2. The molecular formula is C5H9NO2S. The highest BCUT2D eigenvalue weighted by molar-refractivity contribution is 7.80. The molecule has 0 spiro atoms. The minimum Gasteiger partial charge on any atom is -0.618 e. The quantitative estimate of drug-likeness (QED) is 0.316. The minimum atomic E-state index is -1.08. The summed E-state index contributed by atoms with van der Waals surface area (Å²) in [6.07, 6.45) is 2.02. The maximum atomic E-state index is 11.1. The lowest BCUT2D eigenvalue weighted by molar-refractivity contribution is -0.590. The van der Waals surface area contributed by atoms with Crippen LogP contribution in [0.2, 0.25) is 0 Å². The second-order valence-electron chi connectivity index (χ2n) is 2.74. The lowest BCUT2D eigenvalue weighted by atomic mass is 11.0. The average molecular weight is 147 g/mol. The number of quaternary nitrogens is 1. The smallest absolute Gasteiger partial charge is 0.210 e. The fourth-order valence-corrected chi connectivity index (χ4v) is 2.33. The first-order chi connectivity index (χ1) is 4.22. The SMILES string of the molecule is O=S(C1CC1)[N+]1([O-])CC1. The summed E-state index contributed by atoms with van der Waals surface area (Å²) in [7, 11) is -1.08. The second-order valence-corrected chi connectivity index (χ2v) is 4.62. The van der Waals surface area contributed by atoms with Gasteiger partial charge in [-0.3, -0.25) is 4.05 Å². The Morgan fingerprint density at radius 3 is 2.33 bits per heavy atom. The van der Waals surface area contributed by atoms with Gasteiger partial charge in [0, 0.05) is 0 Å². The molecule has 2 fully saturated rings. The lowest BCUT2D eigenvalue weighted by Crippen LogP contribution is -2.23. The Bertz CT molecular complexity index is 162. The molecular weight excluding hydrogens is 138 g/mol. The van der Waals surface area contributed by atoms with E-state index in [1.807, 2.05) is 0 Å². The number of hydrogen-bond donors (Lipinski definition) is 0. The van der Waals surface area contributed by atoms with Crippen LogP contribution in [0, 0.1) is 5.21 Å². The van der Waals surface area contributed by atoms with Crippen molar-refractivity contribution in [3.05, 3.63) is 5.21 Å². The Labute approximate surface area is 56.4 Å². The monoisotopic (exact) mass is 147 g/mol. The Balaban J connectivity index is 2.03. The Hall–Kier alpha value is 0.0700. The van der Waals surface area contributed by atoms with Crippen molar-refractivity contribution in [1.82, 2.24) is 0 Å². The van der Waals surface area contributed by atoms with Crippen LogP contribution in [0.5, 0.6) is 0 Å². The van der Waals surface area contributed by atoms with E-state index in [1.165, 1.54) is 0 Å². The summed E-state index contributed by atoms with van der Waals surface area (Å²) in [6, 6.07) is 0. The van der Waals surface area contributed by atoms with E-state index in [4.69, 9.17) is 0 Å². The topological polar surface area (TPSA) is 40.1 Å². The summed E-state index contributed by atoms with van der Waals surface area (Å²) < 4.78 is 10.7. The van der Waals surface area contributed by atoms with E-state index >= 15 is 0 Å². The van der Waals surface area contributed by atoms with E-state index in [-0.39, 0.29) is 5.25 Å². The molecule has 1 saturated heterocycles. The van der Waals surface area contributed by atoms with Gasteiger partial charge in [-0.2, -0.15) is 4.21 Å². The van der Waals surface area contributed by atoms with Gasteiger partial charge in [0.15, 0.2) is 0 Å². The summed E-state index contributed by atoms with van der Waals surface area (Å²) in [5.74, 6) is 0. The molecule has 1 unspecified atom stereocenters. The van der Waals surface area contributed by atoms with Crippen molar-refractivity contribution in [2.75, 3.05) is 13.1 Å². The first kappa shape index (κ1) is 5.82. The molecule has 1 aliphatic heterocycles. The van der Waals surface area contributed by atoms with Crippen molar-refractivity contribution in [2.24, 2.45) is 0 Å². The highest BCUT2D eigenvalue weighted by Crippen LogP contribution is 2.35. The molecule has 9 heavy (non-hydrogen) atoms. The molecule has 0 aromatic carbocycles. The van der Waals surface area contributed by atoms with E-state index in [2.05, 4.69) is 0 Å². The van der Waals surface area contributed by atoms with Crippen molar-refractivity contribution in [3.8, 4) is 0 Å². The number of hydrogen-bond acceptors (Lipinski definition) is 2. The predicted octanol–water partition coefficient (Wildman–Crippen LogP) is 0.141. The number of hydroxylamine groups is 2. The molecule has 2 aliphatic rings. The molecule has 3 nitrogen and oxygen atoms in total. The molecule has 0 bridgehead atoms. The van der Waals surface area contributed by atoms with Crippen LogP contribution in [-0.4, -0.2) is 26.6 Å². The van der Waals surface area contributed by atoms with Gasteiger partial charge >= 0.3 is 0 Å². The third-order valence-electron chi connectivity index (χ3n) is 1.73. The second kappa shape index (κ2) is 1.56. The maximum Gasteiger partial charge on any atom is 0.210 e. The van der Waals surface area contributed by atoms with E-state index in [9.17, 15) is 9.42 Å². The van der Waals surface area contributed by atoms with E-state index in [0.717, 1.165) is 12.8 Å². The molecule has 0 amide bonds. The normalized spacial score (nSPS) is 33.9. The van der Waals surface area contributed by atoms with Crippen LogP contribution in [-0.2, 0) is 11.0 Å². The van der Waals surface area contributed by atoms with Crippen LogP contribution < -0.4 is 0 Å². The highest BCUT2D eigenvalue weighted by Gasteiger charge is 2.47. The standard InChI is InChI=1S/C5H9NO2S/c7-6(3-4-6)9(8)5-1-2-5/h5H,1-4H2. The van der Waals surface area contributed by atoms with Gasteiger partial charge in [-0.15, -0.1) is 0 Å². The summed E-state index contributed by atoms with van der Waals surface area (Å²) >= 11 is 0. The summed E-state index contributed by atoms with van der Waals surface area (Å²) in [5, 5.41) is 11.3. The third-order valence-corrected chi connectivity index (χ3v) is 3.79. The van der Waals surface area contributed by atoms with Crippen LogP contribution in [0.15, 0.2) is 0 Å². The Morgan fingerprint density at radius 2 is 2.00 bits per heavy atom. The van der Waals surface area contributed by atoms with Crippen molar-refractivity contribution < 1.29 is 8.26 Å². The average Bonchev–Trinajstić information content (AvgIpc) is 2.54. The molecule has 2 rings (SSSR count). The maximum absolute atomic E-state index is 11.1. The van der Waals surface area contributed by atoms with Crippen molar-refractivity contribution in [2.45, 2.75) is 18.1 Å². The zero-order valence-electron chi connectivity index (χ0n) is 5.08. The lowest BCUT2D eigenvalue weighted by Gasteiger charge is -2.17.